The molecule has 5 heteroatoms. The maximum Gasteiger partial charge on any atom is 0.330 e. The topological polar surface area (TPSA) is 54.0 Å². The predicted molar refractivity (Wildman–Crippen MR) is 136 cm³/mol. The van der Waals surface area contributed by atoms with E-state index in [2.05, 4.69) is 6.58 Å². The van der Waals surface area contributed by atoms with E-state index in [1.165, 1.54) is 0 Å². The highest BCUT2D eigenvalue weighted by Crippen LogP contribution is 2.35. The summed E-state index contributed by atoms with van der Waals surface area (Å²) in [5.41, 5.74) is 3.60. The number of esters is 1. The van der Waals surface area contributed by atoms with Crippen LogP contribution in [0.2, 0.25) is 0 Å². The summed E-state index contributed by atoms with van der Waals surface area (Å²) in [5, 5.41) is 0. The lowest BCUT2D eigenvalue weighted by atomic mass is 9.98. The minimum Gasteiger partial charge on any atom is -0.497 e. The molecule has 0 bridgehead atoms. The minimum absolute atomic E-state index is 0.441. The first-order valence-electron chi connectivity index (χ1n) is 11.3. The van der Waals surface area contributed by atoms with Gasteiger partial charge in [-0.3, -0.25) is 0 Å². The number of benzene rings is 3. The Morgan fingerprint density at radius 1 is 0.886 bits per heavy atom. The average Bonchev–Trinajstić information content (AvgIpc) is 2.91. The van der Waals surface area contributed by atoms with Crippen molar-refractivity contribution in [1.82, 2.24) is 0 Å². The van der Waals surface area contributed by atoms with Crippen LogP contribution in [-0.4, -0.2) is 13.1 Å². The summed E-state index contributed by atoms with van der Waals surface area (Å²) in [6.45, 7) is 5.88. The molecular weight excluding hydrogens is 440 g/mol. The standard InChI is InChI=1S/C30H30O5/c1-4-28(31)35-30(26-13-9-6-10-14-26)29(25-11-7-5-8-12-25)34-20-19-23(2)21-33-22-24-15-17-27(32-3)18-16-24/h4-21,29-30H,1,22H2,2-3H3/b20-19+,23-21-/t29-,30-/m0/s1. The summed E-state index contributed by atoms with van der Waals surface area (Å²) >= 11 is 0. The Labute approximate surface area is 206 Å². The van der Waals surface area contributed by atoms with Gasteiger partial charge in [-0.25, -0.2) is 4.79 Å². The molecule has 0 aliphatic heterocycles. The Morgan fingerprint density at radius 3 is 2.06 bits per heavy atom. The molecule has 35 heavy (non-hydrogen) atoms. The van der Waals surface area contributed by atoms with Crippen LogP contribution in [0.5, 0.6) is 5.75 Å². The Kier molecular flexibility index (Phi) is 9.75. The quantitative estimate of drug-likeness (QED) is 0.125. The van der Waals surface area contributed by atoms with E-state index < -0.39 is 18.2 Å². The van der Waals surface area contributed by atoms with Gasteiger partial charge in [0.25, 0.3) is 0 Å². The molecule has 3 aromatic carbocycles. The molecule has 0 saturated heterocycles. The highest BCUT2D eigenvalue weighted by molar-refractivity contribution is 5.81. The van der Waals surface area contributed by atoms with E-state index in [9.17, 15) is 4.79 Å². The van der Waals surface area contributed by atoms with Crippen molar-refractivity contribution in [2.24, 2.45) is 0 Å². The van der Waals surface area contributed by atoms with Crippen LogP contribution in [-0.2, 0) is 25.6 Å². The van der Waals surface area contributed by atoms with Crippen molar-refractivity contribution in [3.05, 3.63) is 138 Å². The fourth-order valence-corrected chi connectivity index (χ4v) is 3.35. The summed E-state index contributed by atoms with van der Waals surface area (Å²) < 4.78 is 22.7. The van der Waals surface area contributed by atoms with Crippen molar-refractivity contribution >= 4 is 5.97 Å². The van der Waals surface area contributed by atoms with E-state index in [1.807, 2.05) is 91.9 Å². The molecule has 0 aromatic heterocycles. The SMILES string of the molecule is C=CC(=O)O[C@@H](c1ccccc1)[C@@H](O/C=C/C(C)=C\OCc1ccc(OC)cc1)c1ccccc1. The molecule has 180 valence electrons. The molecule has 0 N–H and O–H groups in total. The number of ether oxygens (including phenoxy) is 4. The summed E-state index contributed by atoms with van der Waals surface area (Å²) in [6, 6.07) is 26.9. The summed E-state index contributed by atoms with van der Waals surface area (Å²) in [7, 11) is 1.64. The van der Waals surface area contributed by atoms with Crippen molar-refractivity contribution in [2.45, 2.75) is 25.7 Å². The van der Waals surface area contributed by atoms with E-state index in [-0.39, 0.29) is 0 Å². The normalized spacial score (nSPS) is 13.0. The Bertz CT molecular complexity index is 1120. The Hall–Kier alpha value is -4.25. The molecule has 0 amide bonds. The second-order valence-corrected chi connectivity index (χ2v) is 7.76. The van der Waals surface area contributed by atoms with Crippen molar-refractivity contribution < 1.29 is 23.7 Å². The van der Waals surface area contributed by atoms with Crippen molar-refractivity contribution in [1.29, 1.82) is 0 Å². The van der Waals surface area contributed by atoms with Crippen LogP contribution in [0, 0.1) is 0 Å². The third-order valence-corrected chi connectivity index (χ3v) is 5.18. The summed E-state index contributed by atoms with van der Waals surface area (Å²) in [6.07, 6.45) is 5.00. The lowest BCUT2D eigenvalue weighted by Gasteiger charge is -2.27. The van der Waals surface area contributed by atoms with Crippen LogP contribution in [0.4, 0.5) is 0 Å². The molecule has 3 rings (SSSR count). The Balaban J connectivity index is 1.72. The van der Waals surface area contributed by atoms with Gasteiger partial charge in [0.05, 0.1) is 19.6 Å². The zero-order chi connectivity index (χ0) is 24.9. The van der Waals surface area contributed by atoms with Gasteiger partial charge in [0.15, 0.2) is 12.2 Å². The fourth-order valence-electron chi connectivity index (χ4n) is 3.35. The van der Waals surface area contributed by atoms with Crippen LogP contribution in [0.1, 0.15) is 35.8 Å². The predicted octanol–water partition coefficient (Wildman–Crippen LogP) is 6.86. The van der Waals surface area contributed by atoms with Crippen molar-refractivity contribution in [2.75, 3.05) is 7.11 Å². The summed E-state index contributed by atoms with van der Waals surface area (Å²) in [4.78, 5) is 12.1. The number of hydrogen-bond acceptors (Lipinski definition) is 5. The molecule has 0 spiro atoms. The van der Waals surface area contributed by atoms with E-state index in [0.29, 0.717) is 6.61 Å². The molecule has 0 heterocycles. The smallest absolute Gasteiger partial charge is 0.330 e. The lowest BCUT2D eigenvalue weighted by molar-refractivity contribution is -0.150. The largest absolute Gasteiger partial charge is 0.497 e. The number of carbonyl (C=O) groups is 1. The fraction of sp³-hybridized carbons (Fsp3) is 0.167. The number of carbonyl (C=O) groups excluding carboxylic acids is 1. The first-order valence-corrected chi connectivity index (χ1v) is 11.3. The van der Waals surface area contributed by atoms with Gasteiger partial charge in [-0.15, -0.1) is 0 Å². The van der Waals surface area contributed by atoms with Gasteiger partial charge >= 0.3 is 5.97 Å². The zero-order valence-corrected chi connectivity index (χ0v) is 20.0. The lowest BCUT2D eigenvalue weighted by Crippen LogP contribution is -2.19. The van der Waals surface area contributed by atoms with Gasteiger partial charge in [-0.2, -0.15) is 0 Å². The van der Waals surface area contributed by atoms with E-state index in [4.69, 9.17) is 18.9 Å². The molecular formula is C30H30O5. The number of hydrogen-bond donors (Lipinski definition) is 0. The maximum absolute atomic E-state index is 12.1. The second-order valence-electron chi connectivity index (χ2n) is 7.76. The van der Waals surface area contributed by atoms with Gasteiger partial charge in [-0.05, 0) is 47.4 Å². The molecule has 0 aliphatic rings. The molecule has 0 fully saturated rings. The number of methoxy groups -OCH3 is 1. The molecule has 0 saturated carbocycles. The Morgan fingerprint density at radius 2 is 1.49 bits per heavy atom. The van der Waals surface area contributed by atoms with Crippen LogP contribution >= 0.6 is 0 Å². The highest BCUT2D eigenvalue weighted by atomic mass is 16.6. The molecule has 0 unspecified atom stereocenters. The third kappa shape index (κ3) is 7.93. The van der Waals surface area contributed by atoms with Gasteiger partial charge < -0.3 is 18.9 Å². The second kappa shape index (κ2) is 13.5. The number of allylic oxidation sites excluding steroid dienone is 2. The van der Waals surface area contributed by atoms with Gasteiger partial charge in [0.2, 0.25) is 0 Å². The maximum atomic E-state index is 12.1. The van der Waals surface area contributed by atoms with Gasteiger partial charge in [-0.1, -0.05) is 79.4 Å². The van der Waals surface area contributed by atoms with E-state index in [1.54, 1.807) is 25.7 Å². The summed E-state index contributed by atoms with van der Waals surface area (Å²) in [5.74, 6) is 0.288. The van der Waals surface area contributed by atoms with Crippen molar-refractivity contribution in [3.8, 4) is 5.75 Å². The molecule has 0 radical (unpaired) electrons. The average molecular weight is 471 g/mol. The first kappa shape index (κ1) is 25.4. The van der Waals surface area contributed by atoms with E-state index in [0.717, 1.165) is 34.1 Å². The first-order chi connectivity index (χ1) is 17.1. The van der Waals surface area contributed by atoms with E-state index >= 15 is 0 Å². The van der Waals surface area contributed by atoms with Crippen molar-refractivity contribution in [3.63, 3.8) is 0 Å². The van der Waals surface area contributed by atoms with Gasteiger partial charge in [0.1, 0.15) is 12.4 Å². The van der Waals surface area contributed by atoms with Crippen LogP contribution in [0.25, 0.3) is 0 Å². The molecule has 5 nitrogen and oxygen atoms in total. The molecule has 3 aromatic rings. The third-order valence-electron chi connectivity index (χ3n) is 5.18. The zero-order valence-electron chi connectivity index (χ0n) is 20.0. The van der Waals surface area contributed by atoms with Crippen LogP contribution in [0.15, 0.2) is 122 Å². The number of rotatable bonds is 12. The molecule has 2 atom stereocenters. The minimum atomic E-state index is -0.663. The van der Waals surface area contributed by atoms with Gasteiger partial charge in [0, 0.05) is 6.08 Å². The van der Waals surface area contributed by atoms with Crippen LogP contribution < -0.4 is 4.74 Å². The molecule has 0 aliphatic carbocycles. The van der Waals surface area contributed by atoms with Crippen LogP contribution in [0.3, 0.4) is 0 Å². The monoisotopic (exact) mass is 470 g/mol. The highest BCUT2D eigenvalue weighted by Gasteiger charge is 2.29.